The molecule has 0 heterocycles. The first-order valence-electron chi connectivity index (χ1n) is 35.4. The van der Waals surface area contributed by atoms with E-state index in [0.29, 0.717) is 19.3 Å². The number of esters is 3. The van der Waals surface area contributed by atoms with Crippen molar-refractivity contribution in [2.75, 3.05) is 13.2 Å². The van der Waals surface area contributed by atoms with Gasteiger partial charge in [0.25, 0.3) is 0 Å². The quantitative estimate of drug-likeness (QED) is 0.0261. The minimum atomic E-state index is -0.789. The van der Waals surface area contributed by atoms with Gasteiger partial charge in [-0.1, -0.05) is 304 Å². The molecule has 0 aromatic heterocycles. The largest absolute Gasteiger partial charge is 0.462 e. The number of carbonyl (C=O) groups is 3. The second-order valence-electron chi connectivity index (χ2n) is 23.4. The Balaban J connectivity index is 4.31. The van der Waals surface area contributed by atoms with Gasteiger partial charge in [0.1, 0.15) is 13.2 Å². The molecule has 1 atom stereocenters. The normalized spacial score (nSPS) is 12.8. The third kappa shape index (κ3) is 68.7. The smallest absolute Gasteiger partial charge is 0.306 e. The molecule has 0 amide bonds. The molecule has 0 spiro atoms. The van der Waals surface area contributed by atoms with Crippen molar-refractivity contribution in [2.24, 2.45) is 0 Å². The molecule has 6 nitrogen and oxygen atoms in total. The molecule has 0 N–H and O–H groups in total. The molecular formula is C77H132O6. The molecule has 0 aromatic carbocycles. The minimum Gasteiger partial charge on any atom is -0.462 e. The molecule has 0 saturated heterocycles. The van der Waals surface area contributed by atoms with Crippen molar-refractivity contribution >= 4 is 17.9 Å². The van der Waals surface area contributed by atoms with Gasteiger partial charge in [-0.15, -0.1) is 0 Å². The molecule has 0 aliphatic carbocycles. The number of rotatable bonds is 64. The van der Waals surface area contributed by atoms with Crippen LogP contribution in [0, 0.1) is 0 Å². The Labute approximate surface area is 514 Å². The Bertz CT molecular complexity index is 1660. The maximum Gasteiger partial charge on any atom is 0.306 e. The monoisotopic (exact) mass is 1150 g/mol. The van der Waals surface area contributed by atoms with Gasteiger partial charge in [-0.3, -0.25) is 14.4 Å². The molecule has 0 bridgehead atoms. The van der Waals surface area contributed by atoms with E-state index in [1.807, 2.05) is 0 Å². The van der Waals surface area contributed by atoms with Gasteiger partial charge >= 0.3 is 17.9 Å². The van der Waals surface area contributed by atoms with Crippen molar-refractivity contribution in [3.05, 3.63) is 109 Å². The van der Waals surface area contributed by atoms with E-state index in [2.05, 4.69) is 130 Å². The Morgan fingerprint density at radius 1 is 0.253 bits per heavy atom. The van der Waals surface area contributed by atoms with Crippen molar-refractivity contribution in [3.63, 3.8) is 0 Å². The summed E-state index contributed by atoms with van der Waals surface area (Å²) in [7, 11) is 0. The lowest BCUT2D eigenvalue weighted by Gasteiger charge is -2.18. The summed E-state index contributed by atoms with van der Waals surface area (Å²) in [4.78, 5) is 38.4. The molecule has 1 unspecified atom stereocenters. The number of hydrogen-bond donors (Lipinski definition) is 0. The number of allylic oxidation sites excluding steroid dienone is 18. The van der Waals surface area contributed by atoms with Crippen molar-refractivity contribution in [2.45, 2.75) is 348 Å². The summed E-state index contributed by atoms with van der Waals surface area (Å²) in [5.41, 5.74) is 0. The maximum absolute atomic E-state index is 13.0. The third-order valence-electron chi connectivity index (χ3n) is 15.2. The second kappa shape index (κ2) is 70.6. The van der Waals surface area contributed by atoms with Crippen LogP contribution >= 0.6 is 0 Å². The Morgan fingerprint density at radius 2 is 0.470 bits per heavy atom. The SMILES string of the molecule is CC/C=C\C/C=C\C/C=C\C/C=C\C/C=C\CCCCCCCCCCCC(=O)OC(COC(=O)CCCCCCC/C=C\CCCCCC)COC(=O)CCCCCCCCCCCCCC/C=C\C/C=C\C/C=C\CCCCCCC. The Morgan fingerprint density at radius 3 is 0.759 bits per heavy atom. The molecule has 0 saturated carbocycles. The summed E-state index contributed by atoms with van der Waals surface area (Å²) >= 11 is 0. The van der Waals surface area contributed by atoms with Crippen LogP contribution in [0.5, 0.6) is 0 Å². The van der Waals surface area contributed by atoms with Crippen LogP contribution in [0.2, 0.25) is 0 Å². The van der Waals surface area contributed by atoms with E-state index in [4.69, 9.17) is 14.2 Å². The predicted molar refractivity (Wildman–Crippen MR) is 362 cm³/mol. The summed E-state index contributed by atoms with van der Waals surface area (Å²) in [6.45, 7) is 6.52. The van der Waals surface area contributed by atoms with Gasteiger partial charge in [-0.2, -0.15) is 0 Å². The fraction of sp³-hybridized carbons (Fsp3) is 0.727. The lowest BCUT2D eigenvalue weighted by atomic mass is 10.0. The second-order valence-corrected chi connectivity index (χ2v) is 23.4. The summed E-state index contributed by atoms with van der Waals surface area (Å²) in [6, 6.07) is 0. The molecule has 6 heteroatoms. The molecule has 476 valence electrons. The standard InChI is InChI=1S/C77H132O6/c1-4-7-10-13-16-19-22-25-27-29-31-33-35-37-38-40-41-43-45-47-49-52-55-58-61-64-67-70-76(79)82-73-74(72-81-75(78)69-66-63-60-57-54-51-24-21-18-15-12-9-6-3)83-77(80)71-68-65-62-59-56-53-50-48-46-44-42-39-36-34-32-30-28-26-23-20-17-14-11-8-5-2/h8,11,17,20-22,24-26,28-29,31-32,34-35,37,39,42,74H,4-7,9-10,12-16,18-19,23,27,30,33,36,38,40-41,43-73H2,1-3H3/b11-8-,20-17-,24-21-,25-22-,28-26-,31-29-,34-32-,37-35-,42-39-. The average molecular weight is 1150 g/mol. The van der Waals surface area contributed by atoms with Crippen molar-refractivity contribution in [1.82, 2.24) is 0 Å². The van der Waals surface area contributed by atoms with Crippen LogP contribution in [0.4, 0.5) is 0 Å². The van der Waals surface area contributed by atoms with E-state index >= 15 is 0 Å². The highest BCUT2D eigenvalue weighted by molar-refractivity contribution is 5.71. The van der Waals surface area contributed by atoms with Gasteiger partial charge in [0.05, 0.1) is 0 Å². The minimum absolute atomic E-state index is 0.0833. The summed E-state index contributed by atoms with van der Waals surface area (Å²) in [5.74, 6) is -0.888. The fourth-order valence-corrected chi connectivity index (χ4v) is 9.94. The molecule has 83 heavy (non-hydrogen) atoms. The van der Waals surface area contributed by atoms with E-state index in [0.717, 1.165) is 116 Å². The topological polar surface area (TPSA) is 78.9 Å². The van der Waals surface area contributed by atoms with Crippen LogP contribution in [0.15, 0.2) is 109 Å². The van der Waals surface area contributed by atoms with Crippen LogP contribution in [0.1, 0.15) is 342 Å². The van der Waals surface area contributed by atoms with Gasteiger partial charge in [0.15, 0.2) is 6.10 Å². The fourth-order valence-electron chi connectivity index (χ4n) is 9.94. The maximum atomic E-state index is 13.0. The van der Waals surface area contributed by atoms with Crippen LogP contribution < -0.4 is 0 Å². The number of carbonyl (C=O) groups excluding carboxylic acids is 3. The molecule has 0 rings (SSSR count). The zero-order valence-corrected chi connectivity index (χ0v) is 54.7. The van der Waals surface area contributed by atoms with Crippen molar-refractivity contribution < 1.29 is 28.6 Å². The van der Waals surface area contributed by atoms with Gasteiger partial charge in [-0.25, -0.2) is 0 Å². The van der Waals surface area contributed by atoms with E-state index in [1.165, 1.54) is 186 Å². The summed E-state index contributed by atoms with van der Waals surface area (Å²) in [6.07, 6.45) is 96.8. The van der Waals surface area contributed by atoms with Crippen LogP contribution in [0.3, 0.4) is 0 Å². The summed E-state index contributed by atoms with van der Waals surface area (Å²) < 4.78 is 17.0. The van der Waals surface area contributed by atoms with E-state index < -0.39 is 6.10 Å². The predicted octanol–water partition coefficient (Wildman–Crippen LogP) is 24.6. The van der Waals surface area contributed by atoms with Gasteiger partial charge < -0.3 is 14.2 Å². The number of ether oxygens (including phenoxy) is 3. The van der Waals surface area contributed by atoms with E-state index in [1.54, 1.807) is 0 Å². The molecule has 0 fully saturated rings. The molecule has 0 aliphatic rings. The lowest BCUT2D eigenvalue weighted by molar-refractivity contribution is -0.167. The summed E-state index contributed by atoms with van der Waals surface area (Å²) in [5, 5.41) is 0. The van der Waals surface area contributed by atoms with Crippen LogP contribution in [-0.4, -0.2) is 37.2 Å². The van der Waals surface area contributed by atoms with Crippen molar-refractivity contribution in [3.8, 4) is 0 Å². The average Bonchev–Trinajstić information content (AvgIpc) is 3.49. The number of unbranched alkanes of at least 4 members (excludes halogenated alkanes) is 35. The van der Waals surface area contributed by atoms with Crippen LogP contribution in [-0.2, 0) is 28.6 Å². The zero-order chi connectivity index (χ0) is 59.9. The first-order chi connectivity index (χ1) is 41.0. The van der Waals surface area contributed by atoms with Crippen LogP contribution in [0.25, 0.3) is 0 Å². The highest BCUT2D eigenvalue weighted by Crippen LogP contribution is 2.17. The Kier molecular flexibility index (Phi) is 67.2. The first kappa shape index (κ1) is 79.1. The highest BCUT2D eigenvalue weighted by atomic mass is 16.6. The van der Waals surface area contributed by atoms with Gasteiger partial charge in [0, 0.05) is 19.3 Å². The van der Waals surface area contributed by atoms with E-state index in [9.17, 15) is 14.4 Å². The highest BCUT2D eigenvalue weighted by Gasteiger charge is 2.19. The molecular weight excluding hydrogens is 1020 g/mol. The molecule has 0 aromatic rings. The van der Waals surface area contributed by atoms with E-state index in [-0.39, 0.29) is 31.1 Å². The molecule has 0 aliphatic heterocycles. The Hall–Kier alpha value is -3.93. The zero-order valence-electron chi connectivity index (χ0n) is 54.7. The number of hydrogen-bond acceptors (Lipinski definition) is 6. The first-order valence-corrected chi connectivity index (χ1v) is 35.4. The van der Waals surface area contributed by atoms with Gasteiger partial charge in [-0.05, 0) is 128 Å². The molecule has 0 radical (unpaired) electrons. The van der Waals surface area contributed by atoms with Gasteiger partial charge in [0.2, 0.25) is 0 Å². The van der Waals surface area contributed by atoms with Crippen molar-refractivity contribution in [1.29, 1.82) is 0 Å². The lowest BCUT2D eigenvalue weighted by Crippen LogP contribution is -2.30. The third-order valence-corrected chi connectivity index (χ3v) is 15.2.